The molecule has 0 bridgehead atoms. The Morgan fingerprint density at radius 3 is 2.06 bits per heavy atom. The summed E-state index contributed by atoms with van der Waals surface area (Å²) >= 11 is 0. The number of nitriles is 1. The van der Waals surface area contributed by atoms with E-state index in [0.717, 1.165) is 6.07 Å². The minimum Gasteiger partial charge on any atom is -0.192 e. The second-order valence-corrected chi connectivity index (χ2v) is 3.35. The average Bonchev–Trinajstić information content (AvgIpc) is 2.26. The number of nitrogens with zero attached hydrogens (tertiary/aromatic N) is 1. The molecule has 0 aliphatic rings. The third-order valence-electron chi connectivity index (χ3n) is 2.31. The van der Waals surface area contributed by atoms with Gasteiger partial charge in [-0.05, 0) is 22.9 Å². The number of alkyl halides is 3. The van der Waals surface area contributed by atoms with E-state index >= 15 is 0 Å². The molecule has 1 nitrogen and oxygen atoms in total. The van der Waals surface area contributed by atoms with Crippen molar-refractivity contribution >= 4 is 10.8 Å². The molecule has 0 aliphatic carbocycles. The van der Waals surface area contributed by atoms with Crippen molar-refractivity contribution in [3.63, 3.8) is 0 Å². The smallest absolute Gasteiger partial charge is 0.192 e. The minimum atomic E-state index is -4.49. The molecule has 0 spiro atoms. The molecule has 2 aromatic carbocycles. The molecule has 0 N–H and O–H groups in total. The van der Waals surface area contributed by atoms with Crippen LogP contribution in [0.5, 0.6) is 0 Å². The lowest BCUT2D eigenvalue weighted by Gasteiger charge is -2.09. The van der Waals surface area contributed by atoms with Crippen molar-refractivity contribution in [3.8, 4) is 6.07 Å². The number of rotatable bonds is 0. The molecule has 80 valence electrons. The Balaban J connectivity index is 2.79. The molecule has 0 aliphatic heterocycles. The Kier molecular flexibility index (Phi) is 2.31. The van der Waals surface area contributed by atoms with Gasteiger partial charge >= 0.3 is 6.18 Å². The van der Waals surface area contributed by atoms with Crippen molar-refractivity contribution in [3.05, 3.63) is 47.5 Å². The minimum absolute atomic E-state index is 0.341. The summed E-state index contributed by atoms with van der Waals surface area (Å²) in [7, 11) is 0. The van der Waals surface area contributed by atoms with Crippen molar-refractivity contribution in [2.75, 3.05) is 0 Å². The SMILES string of the molecule is N#Cc1cc2ccccc2cc1C(F)(F)F. The van der Waals surface area contributed by atoms with Crippen molar-refractivity contribution in [2.45, 2.75) is 6.18 Å². The van der Waals surface area contributed by atoms with Crippen LogP contribution in [0.1, 0.15) is 11.1 Å². The summed E-state index contributed by atoms with van der Waals surface area (Å²) in [5, 5.41) is 9.80. The van der Waals surface area contributed by atoms with E-state index in [2.05, 4.69) is 0 Å². The van der Waals surface area contributed by atoms with Gasteiger partial charge in [-0.3, -0.25) is 0 Å². The molecule has 0 fully saturated rings. The molecule has 0 amide bonds. The molecule has 0 saturated carbocycles. The van der Waals surface area contributed by atoms with Crippen LogP contribution in [0, 0.1) is 11.3 Å². The van der Waals surface area contributed by atoms with Crippen LogP contribution in [0.2, 0.25) is 0 Å². The normalized spacial score (nSPS) is 11.4. The zero-order valence-electron chi connectivity index (χ0n) is 8.05. The van der Waals surface area contributed by atoms with Gasteiger partial charge in [-0.15, -0.1) is 0 Å². The highest BCUT2D eigenvalue weighted by Gasteiger charge is 2.33. The lowest BCUT2D eigenvalue weighted by atomic mass is 10.0. The molecule has 0 unspecified atom stereocenters. The topological polar surface area (TPSA) is 23.8 Å². The van der Waals surface area contributed by atoms with E-state index in [-0.39, 0.29) is 5.56 Å². The van der Waals surface area contributed by atoms with E-state index in [0.29, 0.717) is 10.8 Å². The number of benzene rings is 2. The van der Waals surface area contributed by atoms with E-state index in [1.165, 1.54) is 6.07 Å². The molecular formula is C12H6F3N. The fraction of sp³-hybridized carbons (Fsp3) is 0.0833. The fourth-order valence-electron chi connectivity index (χ4n) is 1.57. The predicted molar refractivity (Wildman–Crippen MR) is 53.7 cm³/mol. The fourth-order valence-corrected chi connectivity index (χ4v) is 1.57. The highest BCUT2D eigenvalue weighted by Crippen LogP contribution is 2.34. The van der Waals surface area contributed by atoms with E-state index in [1.807, 2.05) is 0 Å². The first-order valence-corrected chi connectivity index (χ1v) is 4.52. The van der Waals surface area contributed by atoms with Gasteiger partial charge in [0.05, 0.1) is 17.2 Å². The van der Waals surface area contributed by atoms with Crippen LogP contribution in [0.4, 0.5) is 13.2 Å². The Morgan fingerprint density at radius 1 is 1.00 bits per heavy atom. The average molecular weight is 221 g/mol. The molecule has 0 saturated heterocycles. The summed E-state index contributed by atoms with van der Waals surface area (Å²) in [4.78, 5) is 0. The van der Waals surface area contributed by atoms with E-state index in [4.69, 9.17) is 5.26 Å². The summed E-state index contributed by atoms with van der Waals surface area (Å²) in [6.07, 6.45) is -4.49. The quantitative estimate of drug-likeness (QED) is 0.664. The predicted octanol–water partition coefficient (Wildman–Crippen LogP) is 3.73. The Labute approximate surface area is 89.7 Å². The van der Waals surface area contributed by atoms with Gasteiger partial charge in [0.25, 0.3) is 0 Å². The lowest BCUT2D eigenvalue weighted by molar-refractivity contribution is -0.137. The molecule has 0 aromatic heterocycles. The maximum atomic E-state index is 12.6. The summed E-state index contributed by atoms with van der Waals surface area (Å²) in [6, 6.07) is 10.5. The lowest BCUT2D eigenvalue weighted by Crippen LogP contribution is -2.07. The third kappa shape index (κ3) is 1.72. The van der Waals surface area contributed by atoms with Gasteiger partial charge in [-0.1, -0.05) is 24.3 Å². The van der Waals surface area contributed by atoms with Crippen molar-refractivity contribution in [2.24, 2.45) is 0 Å². The van der Waals surface area contributed by atoms with Crippen molar-refractivity contribution < 1.29 is 13.2 Å². The molecule has 0 radical (unpaired) electrons. The summed E-state index contributed by atoms with van der Waals surface area (Å²) in [5.41, 5.74) is -1.22. The Morgan fingerprint density at radius 2 is 1.56 bits per heavy atom. The first-order valence-electron chi connectivity index (χ1n) is 4.52. The monoisotopic (exact) mass is 221 g/mol. The largest absolute Gasteiger partial charge is 0.417 e. The van der Waals surface area contributed by atoms with Crippen LogP contribution in [-0.4, -0.2) is 0 Å². The molecule has 4 heteroatoms. The van der Waals surface area contributed by atoms with Gasteiger partial charge in [0.15, 0.2) is 0 Å². The highest BCUT2D eigenvalue weighted by molar-refractivity contribution is 5.85. The molecular weight excluding hydrogens is 215 g/mol. The zero-order valence-corrected chi connectivity index (χ0v) is 8.05. The van der Waals surface area contributed by atoms with Crippen LogP contribution in [0.3, 0.4) is 0 Å². The van der Waals surface area contributed by atoms with Gasteiger partial charge in [0.2, 0.25) is 0 Å². The van der Waals surface area contributed by atoms with E-state index < -0.39 is 11.7 Å². The van der Waals surface area contributed by atoms with Crippen LogP contribution in [0.25, 0.3) is 10.8 Å². The standard InChI is InChI=1S/C12H6F3N/c13-12(14,15)11-6-9-4-2-1-3-8(9)5-10(11)7-16/h1-6H. The Bertz CT molecular complexity index is 579. The van der Waals surface area contributed by atoms with Crippen LogP contribution < -0.4 is 0 Å². The van der Waals surface area contributed by atoms with Gasteiger partial charge < -0.3 is 0 Å². The molecule has 16 heavy (non-hydrogen) atoms. The Hall–Kier alpha value is -2.02. The van der Waals surface area contributed by atoms with Gasteiger partial charge in [0.1, 0.15) is 0 Å². The van der Waals surface area contributed by atoms with Gasteiger partial charge in [-0.25, -0.2) is 0 Å². The summed E-state index contributed by atoms with van der Waals surface area (Å²) < 4.78 is 37.8. The van der Waals surface area contributed by atoms with Crippen LogP contribution >= 0.6 is 0 Å². The van der Waals surface area contributed by atoms with E-state index in [1.54, 1.807) is 30.3 Å². The van der Waals surface area contributed by atoms with Crippen molar-refractivity contribution in [1.82, 2.24) is 0 Å². The van der Waals surface area contributed by atoms with Crippen LogP contribution in [-0.2, 0) is 6.18 Å². The van der Waals surface area contributed by atoms with Crippen molar-refractivity contribution in [1.29, 1.82) is 5.26 Å². The molecule has 2 rings (SSSR count). The highest BCUT2D eigenvalue weighted by atomic mass is 19.4. The number of hydrogen-bond acceptors (Lipinski definition) is 1. The molecule has 2 aromatic rings. The van der Waals surface area contributed by atoms with Gasteiger partial charge in [0, 0.05) is 0 Å². The first-order chi connectivity index (χ1) is 7.52. The number of fused-ring (bicyclic) bond motifs is 1. The third-order valence-corrected chi connectivity index (χ3v) is 2.31. The number of hydrogen-bond donors (Lipinski definition) is 0. The van der Waals surface area contributed by atoms with E-state index in [9.17, 15) is 13.2 Å². The first kappa shape index (κ1) is 10.5. The van der Waals surface area contributed by atoms with Gasteiger partial charge in [-0.2, -0.15) is 18.4 Å². The number of halogens is 3. The zero-order chi connectivity index (χ0) is 11.8. The molecule has 0 atom stereocenters. The second kappa shape index (κ2) is 3.53. The molecule has 0 heterocycles. The maximum absolute atomic E-state index is 12.6. The second-order valence-electron chi connectivity index (χ2n) is 3.35. The van der Waals surface area contributed by atoms with Crippen LogP contribution in [0.15, 0.2) is 36.4 Å². The summed E-state index contributed by atoms with van der Waals surface area (Å²) in [5.74, 6) is 0. The maximum Gasteiger partial charge on any atom is 0.417 e. The summed E-state index contributed by atoms with van der Waals surface area (Å²) in [6.45, 7) is 0.